The molecule has 0 amide bonds. The highest BCUT2D eigenvalue weighted by atomic mass is 19.2. The van der Waals surface area contributed by atoms with Crippen LogP contribution < -0.4 is 0 Å². The van der Waals surface area contributed by atoms with E-state index in [4.69, 9.17) is 0 Å². The van der Waals surface area contributed by atoms with Crippen molar-refractivity contribution in [3.05, 3.63) is 54.1 Å². The van der Waals surface area contributed by atoms with Gasteiger partial charge in [0.05, 0.1) is 0 Å². The Kier molecular flexibility index (Phi) is 2.90. The van der Waals surface area contributed by atoms with Crippen molar-refractivity contribution in [2.24, 2.45) is 0 Å². The minimum absolute atomic E-state index is 0.389. The van der Waals surface area contributed by atoms with E-state index in [1.807, 2.05) is 0 Å². The Bertz CT molecular complexity index is 353. The van der Waals surface area contributed by atoms with E-state index in [-0.39, 0.29) is 5.56 Å². The molecule has 3 heteroatoms. The molecule has 0 nitrogen and oxygen atoms in total. The zero-order valence-corrected chi connectivity index (χ0v) is 6.73. The molecule has 0 radical (unpaired) electrons. The first-order chi connectivity index (χ1) is 6.16. The number of halogens is 3. The minimum atomic E-state index is -1.23. The van der Waals surface area contributed by atoms with Crippen LogP contribution in [0, 0.1) is 5.82 Å². The number of rotatable bonds is 2. The monoisotopic (exact) mass is 184 g/mol. The largest absolute Gasteiger partial charge is 0.206 e. The predicted octanol–water partition coefficient (Wildman–Crippen LogP) is 3.62. The summed E-state index contributed by atoms with van der Waals surface area (Å²) in [6.07, 6.45) is 0.696. The summed E-state index contributed by atoms with van der Waals surface area (Å²) in [5, 5.41) is 0. The van der Waals surface area contributed by atoms with Crippen LogP contribution in [0.5, 0.6) is 0 Å². The number of allylic oxidation sites excluding steroid dienone is 2. The average molecular weight is 184 g/mol. The van der Waals surface area contributed by atoms with Crippen LogP contribution in [0.1, 0.15) is 5.56 Å². The SMILES string of the molecule is C=CC(F)=C(F)c1ccccc1F. The Balaban J connectivity index is 3.23. The fourth-order valence-electron chi connectivity index (χ4n) is 0.857. The second kappa shape index (κ2) is 3.94. The molecule has 0 spiro atoms. The molecule has 1 aromatic carbocycles. The summed E-state index contributed by atoms with van der Waals surface area (Å²) in [6.45, 7) is 3.04. The first kappa shape index (κ1) is 9.58. The van der Waals surface area contributed by atoms with E-state index in [0.29, 0.717) is 6.08 Å². The average Bonchev–Trinajstić information content (AvgIpc) is 2.16. The number of hydrogen-bond donors (Lipinski definition) is 0. The second-order valence-corrected chi connectivity index (χ2v) is 2.35. The van der Waals surface area contributed by atoms with Crippen molar-refractivity contribution in [1.82, 2.24) is 0 Å². The van der Waals surface area contributed by atoms with Gasteiger partial charge in [-0.1, -0.05) is 18.7 Å². The molecule has 0 aliphatic heterocycles. The lowest BCUT2D eigenvalue weighted by molar-refractivity contribution is 0.597. The van der Waals surface area contributed by atoms with Crippen LogP contribution in [0.15, 0.2) is 42.7 Å². The summed E-state index contributed by atoms with van der Waals surface area (Å²) in [7, 11) is 0. The van der Waals surface area contributed by atoms with Crippen molar-refractivity contribution in [2.75, 3.05) is 0 Å². The van der Waals surface area contributed by atoms with Crippen molar-refractivity contribution >= 4 is 5.83 Å². The van der Waals surface area contributed by atoms with Crippen LogP contribution in [0.2, 0.25) is 0 Å². The molecule has 0 aliphatic carbocycles. The normalized spacial score (nSPS) is 12.2. The predicted molar refractivity (Wildman–Crippen MR) is 45.7 cm³/mol. The molecular weight excluding hydrogens is 177 g/mol. The molecule has 0 heterocycles. The van der Waals surface area contributed by atoms with E-state index < -0.39 is 17.5 Å². The molecule has 1 rings (SSSR count). The van der Waals surface area contributed by atoms with E-state index in [0.717, 1.165) is 12.1 Å². The van der Waals surface area contributed by atoms with Crippen LogP contribution >= 0.6 is 0 Å². The summed E-state index contributed by atoms with van der Waals surface area (Å²) < 4.78 is 38.5. The molecule has 1 aromatic rings. The van der Waals surface area contributed by atoms with Crippen molar-refractivity contribution < 1.29 is 13.2 Å². The zero-order valence-electron chi connectivity index (χ0n) is 6.73. The van der Waals surface area contributed by atoms with Gasteiger partial charge in [-0.3, -0.25) is 0 Å². The molecule has 13 heavy (non-hydrogen) atoms. The van der Waals surface area contributed by atoms with Gasteiger partial charge in [0, 0.05) is 5.56 Å². The maximum absolute atomic E-state index is 13.0. The van der Waals surface area contributed by atoms with E-state index in [9.17, 15) is 13.2 Å². The van der Waals surface area contributed by atoms with Crippen LogP contribution in [-0.4, -0.2) is 0 Å². The topological polar surface area (TPSA) is 0 Å². The van der Waals surface area contributed by atoms with Gasteiger partial charge in [-0.25, -0.2) is 13.2 Å². The molecule has 0 atom stereocenters. The molecule has 68 valence electrons. The lowest BCUT2D eigenvalue weighted by Crippen LogP contribution is -1.86. The van der Waals surface area contributed by atoms with Crippen molar-refractivity contribution in [2.45, 2.75) is 0 Å². The summed E-state index contributed by atoms with van der Waals surface area (Å²) in [5.41, 5.74) is -0.389. The lowest BCUT2D eigenvalue weighted by Gasteiger charge is -1.99. The fourth-order valence-corrected chi connectivity index (χ4v) is 0.857. The van der Waals surface area contributed by atoms with Gasteiger partial charge in [0.25, 0.3) is 0 Å². The van der Waals surface area contributed by atoms with E-state index in [1.165, 1.54) is 12.1 Å². The fraction of sp³-hybridized carbons (Fsp3) is 0. The van der Waals surface area contributed by atoms with Gasteiger partial charge in [-0.05, 0) is 18.2 Å². The van der Waals surface area contributed by atoms with Crippen molar-refractivity contribution in [3.63, 3.8) is 0 Å². The Morgan fingerprint density at radius 1 is 1.23 bits per heavy atom. The van der Waals surface area contributed by atoms with Crippen LogP contribution in [0.3, 0.4) is 0 Å². The van der Waals surface area contributed by atoms with Crippen LogP contribution in [0.4, 0.5) is 13.2 Å². The molecule has 0 saturated carbocycles. The Labute approximate surface area is 74.0 Å². The highest BCUT2D eigenvalue weighted by Gasteiger charge is 2.10. The Morgan fingerprint density at radius 3 is 2.38 bits per heavy atom. The van der Waals surface area contributed by atoms with Crippen LogP contribution in [-0.2, 0) is 0 Å². The first-order valence-corrected chi connectivity index (χ1v) is 3.59. The molecule has 0 N–H and O–H groups in total. The van der Waals surface area contributed by atoms with E-state index in [2.05, 4.69) is 6.58 Å². The summed E-state index contributed by atoms with van der Waals surface area (Å²) in [6, 6.07) is 5.05. The van der Waals surface area contributed by atoms with Crippen LogP contribution in [0.25, 0.3) is 5.83 Å². The lowest BCUT2D eigenvalue weighted by atomic mass is 10.2. The highest BCUT2D eigenvalue weighted by molar-refractivity contribution is 5.63. The molecule has 0 unspecified atom stereocenters. The molecule has 0 aliphatic rings. The van der Waals surface area contributed by atoms with Gasteiger partial charge in [-0.2, -0.15) is 0 Å². The van der Waals surface area contributed by atoms with Gasteiger partial charge < -0.3 is 0 Å². The molecule has 0 saturated heterocycles. The van der Waals surface area contributed by atoms with Gasteiger partial charge in [0.15, 0.2) is 11.7 Å². The quantitative estimate of drug-likeness (QED) is 0.616. The summed E-state index contributed by atoms with van der Waals surface area (Å²) in [4.78, 5) is 0. The zero-order chi connectivity index (χ0) is 9.84. The van der Waals surface area contributed by atoms with Gasteiger partial charge >= 0.3 is 0 Å². The first-order valence-electron chi connectivity index (χ1n) is 3.59. The second-order valence-electron chi connectivity index (χ2n) is 2.35. The molecular formula is C10H7F3. The van der Waals surface area contributed by atoms with Gasteiger partial charge in [0.2, 0.25) is 0 Å². The van der Waals surface area contributed by atoms with Crippen molar-refractivity contribution in [3.8, 4) is 0 Å². The van der Waals surface area contributed by atoms with E-state index in [1.54, 1.807) is 0 Å². The van der Waals surface area contributed by atoms with Gasteiger partial charge in [0.1, 0.15) is 5.82 Å². The number of benzene rings is 1. The third-order valence-electron chi connectivity index (χ3n) is 1.50. The minimum Gasteiger partial charge on any atom is -0.206 e. The third-order valence-corrected chi connectivity index (χ3v) is 1.50. The summed E-state index contributed by atoms with van der Waals surface area (Å²) in [5.74, 6) is -3.18. The van der Waals surface area contributed by atoms with Crippen molar-refractivity contribution in [1.29, 1.82) is 0 Å². The maximum atomic E-state index is 13.0. The van der Waals surface area contributed by atoms with E-state index >= 15 is 0 Å². The van der Waals surface area contributed by atoms with Gasteiger partial charge in [-0.15, -0.1) is 0 Å². The maximum Gasteiger partial charge on any atom is 0.168 e. The Hall–Kier alpha value is -1.51. The molecule has 0 fully saturated rings. The number of hydrogen-bond acceptors (Lipinski definition) is 0. The summed E-state index contributed by atoms with van der Waals surface area (Å²) >= 11 is 0. The third kappa shape index (κ3) is 1.99. The molecule has 0 aromatic heterocycles. The smallest absolute Gasteiger partial charge is 0.168 e. The standard InChI is InChI=1S/C10H7F3/c1-2-8(11)10(13)7-5-3-4-6-9(7)12/h2-6H,1H2. The highest BCUT2D eigenvalue weighted by Crippen LogP contribution is 2.23. The Morgan fingerprint density at radius 2 is 1.85 bits per heavy atom. The molecule has 0 bridgehead atoms.